The lowest BCUT2D eigenvalue weighted by atomic mass is 9.74. The predicted octanol–water partition coefficient (Wildman–Crippen LogP) is 3.70. The molecule has 0 heterocycles. The van der Waals surface area contributed by atoms with Crippen molar-refractivity contribution in [3.05, 3.63) is 0 Å². The molecule has 2 rings (SSSR count). The van der Waals surface area contributed by atoms with Crippen LogP contribution in [0.1, 0.15) is 51.4 Å². The molecule has 2 fully saturated rings. The summed E-state index contributed by atoms with van der Waals surface area (Å²) in [5.74, 6) is -2.41. The highest BCUT2D eigenvalue weighted by Crippen LogP contribution is 2.41. The fraction of sp³-hybridized carbons (Fsp3) is 1.00. The standard InChI is InChI=1S/C13H21F3O/c14-11-3-1-9(2-4-11)12(17)10-5-7-13(15,16)8-6-10/h9-12,17H,1-8H2. The number of hydrogen-bond acceptors (Lipinski definition) is 1. The molecule has 0 aromatic heterocycles. The van der Waals surface area contributed by atoms with E-state index in [0.717, 1.165) is 0 Å². The van der Waals surface area contributed by atoms with Crippen LogP contribution in [-0.4, -0.2) is 23.3 Å². The van der Waals surface area contributed by atoms with Crippen molar-refractivity contribution in [1.29, 1.82) is 0 Å². The second-order valence-electron chi connectivity index (χ2n) is 5.70. The summed E-state index contributed by atoms with van der Waals surface area (Å²) in [5.41, 5.74) is 0. The average Bonchev–Trinajstić information content (AvgIpc) is 2.29. The number of hydrogen-bond donors (Lipinski definition) is 1. The maximum atomic E-state index is 13.0. The second-order valence-corrected chi connectivity index (χ2v) is 5.70. The van der Waals surface area contributed by atoms with E-state index in [2.05, 4.69) is 0 Å². The minimum absolute atomic E-state index is 0.00390. The summed E-state index contributed by atoms with van der Waals surface area (Å²) >= 11 is 0. The molecule has 0 amide bonds. The molecule has 2 aliphatic rings. The van der Waals surface area contributed by atoms with Gasteiger partial charge in [-0.15, -0.1) is 0 Å². The summed E-state index contributed by atoms with van der Waals surface area (Å²) in [7, 11) is 0. The smallest absolute Gasteiger partial charge is 0.248 e. The molecular formula is C13H21F3O. The maximum Gasteiger partial charge on any atom is 0.248 e. The molecule has 1 unspecified atom stereocenters. The summed E-state index contributed by atoms with van der Waals surface area (Å²) in [6, 6.07) is 0. The Morgan fingerprint density at radius 1 is 0.882 bits per heavy atom. The fourth-order valence-corrected chi connectivity index (χ4v) is 3.21. The van der Waals surface area contributed by atoms with Crippen LogP contribution < -0.4 is 0 Å². The number of rotatable bonds is 2. The quantitative estimate of drug-likeness (QED) is 0.792. The van der Waals surface area contributed by atoms with Crippen molar-refractivity contribution in [2.24, 2.45) is 11.8 Å². The summed E-state index contributed by atoms with van der Waals surface area (Å²) in [6.45, 7) is 0. The molecule has 0 aromatic rings. The molecule has 100 valence electrons. The first-order valence-corrected chi connectivity index (χ1v) is 6.68. The van der Waals surface area contributed by atoms with Gasteiger partial charge in [0.05, 0.1) is 6.10 Å². The number of aliphatic hydroxyl groups is 1. The third-order valence-corrected chi connectivity index (χ3v) is 4.43. The van der Waals surface area contributed by atoms with E-state index < -0.39 is 18.2 Å². The second kappa shape index (κ2) is 5.17. The lowest BCUT2D eigenvalue weighted by molar-refractivity contribution is -0.0740. The van der Waals surface area contributed by atoms with Crippen molar-refractivity contribution in [3.63, 3.8) is 0 Å². The van der Waals surface area contributed by atoms with Gasteiger partial charge in [-0.3, -0.25) is 0 Å². The summed E-state index contributed by atoms with van der Waals surface area (Å²) < 4.78 is 39.0. The van der Waals surface area contributed by atoms with Crippen LogP contribution in [0.25, 0.3) is 0 Å². The maximum absolute atomic E-state index is 13.0. The molecule has 0 aromatic carbocycles. The molecule has 1 nitrogen and oxygen atoms in total. The highest BCUT2D eigenvalue weighted by Gasteiger charge is 2.39. The zero-order valence-corrected chi connectivity index (χ0v) is 10.0. The Kier molecular flexibility index (Phi) is 4.01. The normalized spacial score (nSPS) is 36.7. The molecule has 0 bridgehead atoms. The van der Waals surface area contributed by atoms with Crippen molar-refractivity contribution in [2.45, 2.75) is 69.6 Å². The Labute approximate surface area is 100 Å². The first-order valence-electron chi connectivity index (χ1n) is 6.68. The number of halogens is 3. The largest absolute Gasteiger partial charge is 0.393 e. The van der Waals surface area contributed by atoms with Gasteiger partial charge in [-0.1, -0.05) is 0 Å². The Hall–Kier alpha value is -0.250. The van der Waals surface area contributed by atoms with Gasteiger partial charge in [-0.25, -0.2) is 13.2 Å². The van der Waals surface area contributed by atoms with Crippen molar-refractivity contribution in [1.82, 2.24) is 0 Å². The van der Waals surface area contributed by atoms with E-state index in [9.17, 15) is 18.3 Å². The van der Waals surface area contributed by atoms with Crippen LogP contribution in [0.2, 0.25) is 0 Å². The molecule has 17 heavy (non-hydrogen) atoms. The molecule has 1 atom stereocenters. The Morgan fingerprint density at radius 2 is 1.35 bits per heavy atom. The summed E-state index contributed by atoms with van der Waals surface area (Å²) in [5, 5.41) is 10.2. The lowest BCUT2D eigenvalue weighted by Crippen LogP contribution is -2.37. The monoisotopic (exact) mass is 250 g/mol. The van der Waals surface area contributed by atoms with Gasteiger partial charge in [0.2, 0.25) is 5.92 Å². The molecule has 0 aliphatic heterocycles. The average molecular weight is 250 g/mol. The molecule has 1 N–H and O–H groups in total. The molecule has 0 spiro atoms. The third kappa shape index (κ3) is 3.36. The van der Waals surface area contributed by atoms with Crippen LogP contribution in [0.3, 0.4) is 0 Å². The highest BCUT2D eigenvalue weighted by atomic mass is 19.3. The van der Waals surface area contributed by atoms with E-state index in [-0.39, 0.29) is 24.7 Å². The number of aliphatic hydroxyl groups excluding tert-OH is 1. The van der Waals surface area contributed by atoms with Gasteiger partial charge >= 0.3 is 0 Å². The Morgan fingerprint density at radius 3 is 1.88 bits per heavy atom. The van der Waals surface area contributed by atoms with E-state index in [1.165, 1.54) is 0 Å². The summed E-state index contributed by atoms with van der Waals surface area (Å²) in [6.07, 6.45) is 1.82. The van der Waals surface area contributed by atoms with E-state index in [1.807, 2.05) is 0 Å². The Bertz CT molecular complexity index is 239. The first-order chi connectivity index (χ1) is 7.98. The SMILES string of the molecule is OC(C1CCC(F)CC1)C1CCC(F)(F)CC1. The van der Waals surface area contributed by atoms with Gasteiger partial charge < -0.3 is 5.11 Å². The van der Waals surface area contributed by atoms with Gasteiger partial charge in [0.25, 0.3) is 0 Å². The highest BCUT2D eigenvalue weighted by molar-refractivity contribution is 4.86. The molecule has 0 radical (unpaired) electrons. The zero-order valence-electron chi connectivity index (χ0n) is 10.0. The van der Waals surface area contributed by atoms with Gasteiger partial charge in [-0.2, -0.15) is 0 Å². The number of alkyl halides is 3. The van der Waals surface area contributed by atoms with Crippen LogP contribution in [0.4, 0.5) is 13.2 Å². The molecule has 2 saturated carbocycles. The van der Waals surface area contributed by atoms with Gasteiger partial charge in [0.15, 0.2) is 0 Å². The van der Waals surface area contributed by atoms with Gasteiger partial charge in [0.1, 0.15) is 6.17 Å². The van der Waals surface area contributed by atoms with Gasteiger partial charge in [0, 0.05) is 12.8 Å². The van der Waals surface area contributed by atoms with Gasteiger partial charge in [-0.05, 0) is 50.4 Å². The van der Waals surface area contributed by atoms with E-state index in [1.54, 1.807) is 0 Å². The lowest BCUT2D eigenvalue weighted by Gasteiger charge is -2.36. The molecular weight excluding hydrogens is 229 g/mol. The van der Waals surface area contributed by atoms with Crippen molar-refractivity contribution >= 4 is 0 Å². The van der Waals surface area contributed by atoms with Crippen molar-refractivity contribution in [2.75, 3.05) is 0 Å². The van der Waals surface area contributed by atoms with Crippen LogP contribution in [0, 0.1) is 11.8 Å². The molecule has 0 saturated heterocycles. The third-order valence-electron chi connectivity index (χ3n) is 4.43. The van der Waals surface area contributed by atoms with Crippen LogP contribution in [0.15, 0.2) is 0 Å². The van der Waals surface area contributed by atoms with E-state index in [4.69, 9.17) is 0 Å². The van der Waals surface area contributed by atoms with Crippen molar-refractivity contribution in [3.8, 4) is 0 Å². The van der Waals surface area contributed by atoms with E-state index >= 15 is 0 Å². The van der Waals surface area contributed by atoms with Crippen LogP contribution in [0.5, 0.6) is 0 Å². The summed E-state index contributed by atoms with van der Waals surface area (Å²) in [4.78, 5) is 0. The predicted molar refractivity (Wildman–Crippen MR) is 59.8 cm³/mol. The van der Waals surface area contributed by atoms with Crippen LogP contribution in [-0.2, 0) is 0 Å². The minimum atomic E-state index is -2.53. The van der Waals surface area contributed by atoms with E-state index in [0.29, 0.717) is 38.5 Å². The fourth-order valence-electron chi connectivity index (χ4n) is 3.21. The Balaban J connectivity index is 1.82. The molecule has 4 heteroatoms. The van der Waals surface area contributed by atoms with Crippen LogP contribution >= 0.6 is 0 Å². The first kappa shape index (κ1) is 13.2. The minimum Gasteiger partial charge on any atom is -0.393 e. The van der Waals surface area contributed by atoms with Crippen molar-refractivity contribution < 1.29 is 18.3 Å². The zero-order chi connectivity index (χ0) is 12.5. The molecule has 2 aliphatic carbocycles. The topological polar surface area (TPSA) is 20.2 Å².